The third-order valence-electron chi connectivity index (χ3n) is 1.95. The largest absolute Gasteiger partial charge is 0.361 e. The molecule has 16 heavy (non-hydrogen) atoms. The highest BCUT2D eigenvalue weighted by atomic mass is 16.5. The fraction of sp³-hybridized carbons (Fsp3) is 0.909. The number of hydrogen-bond donors (Lipinski definition) is 2. The van der Waals surface area contributed by atoms with Crippen LogP contribution in [0.15, 0.2) is 0 Å². The summed E-state index contributed by atoms with van der Waals surface area (Å²) in [5.74, 6) is 0. The predicted molar refractivity (Wildman–Crippen MR) is 63.1 cm³/mol. The summed E-state index contributed by atoms with van der Waals surface area (Å²) in [5.41, 5.74) is 0. The van der Waals surface area contributed by atoms with Crippen LogP contribution in [0.5, 0.6) is 0 Å². The number of nitrogens with one attached hydrogen (secondary N) is 2. The molecule has 5 nitrogen and oxygen atoms in total. The van der Waals surface area contributed by atoms with Crippen molar-refractivity contribution in [1.29, 1.82) is 0 Å². The lowest BCUT2D eigenvalue weighted by Crippen LogP contribution is -2.38. The molecule has 0 aliphatic carbocycles. The highest BCUT2D eigenvalue weighted by molar-refractivity contribution is 5.73. The van der Waals surface area contributed by atoms with Crippen LogP contribution in [0, 0.1) is 0 Å². The zero-order chi connectivity index (χ0) is 12.1. The summed E-state index contributed by atoms with van der Waals surface area (Å²) >= 11 is 0. The Kier molecular flexibility index (Phi) is 11.6. The predicted octanol–water partition coefficient (Wildman–Crippen LogP) is 1.83. The molecular formula is C11H24N2O3. The molecule has 0 aromatic carbocycles. The van der Waals surface area contributed by atoms with Crippen molar-refractivity contribution in [1.82, 2.24) is 10.6 Å². The van der Waals surface area contributed by atoms with Crippen molar-refractivity contribution >= 4 is 6.03 Å². The van der Waals surface area contributed by atoms with Gasteiger partial charge in [-0.05, 0) is 12.8 Å². The van der Waals surface area contributed by atoms with Crippen molar-refractivity contribution in [3.63, 3.8) is 0 Å². The Labute approximate surface area is 97.9 Å². The second-order valence-corrected chi connectivity index (χ2v) is 3.49. The maximum atomic E-state index is 11.1. The first kappa shape index (κ1) is 15.2. The lowest BCUT2D eigenvalue weighted by Gasteiger charge is -2.08. The minimum atomic E-state index is -0.256. The zero-order valence-corrected chi connectivity index (χ0v) is 10.4. The summed E-state index contributed by atoms with van der Waals surface area (Å²) in [5, 5.41) is 5.16. The second-order valence-electron chi connectivity index (χ2n) is 3.49. The van der Waals surface area contributed by atoms with Crippen molar-refractivity contribution in [2.75, 3.05) is 26.7 Å². The quantitative estimate of drug-likeness (QED) is 0.446. The molecule has 0 aromatic rings. The minimum Gasteiger partial charge on any atom is -0.361 e. The van der Waals surface area contributed by atoms with Gasteiger partial charge in [0.15, 0.2) is 0 Å². The van der Waals surface area contributed by atoms with E-state index in [9.17, 15) is 4.79 Å². The van der Waals surface area contributed by atoms with Crippen molar-refractivity contribution in [3.05, 3.63) is 0 Å². The third kappa shape index (κ3) is 11.3. The number of rotatable bonds is 10. The summed E-state index contributed by atoms with van der Waals surface area (Å²) in [7, 11) is 0. The number of hydrogen-bond acceptors (Lipinski definition) is 3. The highest BCUT2D eigenvalue weighted by Crippen LogP contribution is 1.87. The summed E-state index contributed by atoms with van der Waals surface area (Å²) < 4.78 is 10.4. The fourth-order valence-corrected chi connectivity index (χ4v) is 0.933. The van der Waals surface area contributed by atoms with Crippen LogP contribution in [-0.4, -0.2) is 32.7 Å². The SMILES string of the molecule is CCCCOCNC(=O)NCOCCCC. The molecule has 0 saturated heterocycles. The van der Waals surface area contributed by atoms with E-state index < -0.39 is 0 Å². The summed E-state index contributed by atoms with van der Waals surface area (Å²) in [6.07, 6.45) is 4.22. The van der Waals surface area contributed by atoms with E-state index in [0.717, 1.165) is 25.7 Å². The molecule has 0 saturated carbocycles. The molecular weight excluding hydrogens is 208 g/mol. The van der Waals surface area contributed by atoms with Crippen LogP contribution in [0.25, 0.3) is 0 Å². The Hall–Kier alpha value is -0.810. The molecule has 0 bridgehead atoms. The van der Waals surface area contributed by atoms with Gasteiger partial charge in [-0.25, -0.2) is 4.79 Å². The average Bonchev–Trinajstić information content (AvgIpc) is 2.28. The molecule has 5 heteroatoms. The zero-order valence-electron chi connectivity index (χ0n) is 10.4. The van der Waals surface area contributed by atoms with Crippen molar-refractivity contribution < 1.29 is 14.3 Å². The van der Waals surface area contributed by atoms with Gasteiger partial charge in [-0.1, -0.05) is 26.7 Å². The van der Waals surface area contributed by atoms with Gasteiger partial charge < -0.3 is 20.1 Å². The second kappa shape index (κ2) is 12.3. The maximum Gasteiger partial charge on any atom is 0.318 e. The van der Waals surface area contributed by atoms with Crippen LogP contribution in [0.4, 0.5) is 4.79 Å². The van der Waals surface area contributed by atoms with E-state index in [1.165, 1.54) is 0 Å². The molecule has 0 radical (unpaired) electrons. The number of amides is 2. The van der Waals surface area contributed by atoms with Gasteiger partial charge in [0.05, 0.1) is 0 Å². The monoisotopic (exact) mass is 232 g/mol. The van der Waals surface area contributed by atoms with Crippen LogP contribution < -0.4 is 10.6 Å². The van der Waals surface area contributed by atoms with E-state index in [2.05, 4.69) is 24.5 Å². The first-order chi connectivity index (χ1) is 7.81. The lowest BCUT2D eigenvalue weighted by atomic mass is 10.4. The smallest absolute Gasteiger partial charge is 0.318 e. The number of urea groups is 1. The molecule has 0 fully saturated rings. The van der Waals surface area contributed by atoms with Crippen molar-refractivity contribution in [2.24, 2.45) is 0 Å². The molecule has 0 aromatic heterocycles. The molecule has 2 amide bonds. The van der Waals surface area contributed by atoms with Crippen LogP contribution in [-0.2, 0) is 9.47 Å². The number of carbonyl (C=O) groups excluding carboxylic acids is 1. The number of ether oxygens (including phenoxy) is 2. The minimum absolute atomic E-state index is 0.251. The Morgan fingerprint density at radius 2 is 1.38 bits per heavy atom. The molecule has 0 spiro atoms. The Bertz CT molecular complexity index is 149. The van der Waals surface area contributed by atoms with E-state index in [4.69, 9.17) is 9.47 Å². The topological polar surface area (TPSA) is 59.6 Å². The summed E-state index contributed by atoms with van der Waals surface area (Å²) in [6, 6.07) is -0.256. The molecule has 96 valence electrons. The molecule has 0 atom stereocenters. The third-order valence-corrected chi connectivity index (χ3v) is 1.95. The standard InChI is InChI=1S/C11H24N2O3/c1-3-5-7-15-9-12-11(14)13-10-16-8-6-4-2/h3-10H2,1-2H3,(H2,12,13,14). The van der Waals surface area contributed by atoms with E-state index in [1.807, 2.05) is 0 Å². The van der Waals surface area contributed by atoms with Gasteiger partial charge in [0.1, 0.15) is 13.5 Å². The van der Waals surface area contributed by atoms with Crippen LogP contribution in [0.2, 0.25) is 0 Å². The first-order valence-electron chi connectivity index (χ1n) is 5.98. The molecule has 0 aliphatic rings. The van der Waals surface area contributed by atoms with Gasteiger partial charge in [0, 0.05) is 13.2 Å². The molecule has 0 heterocycles. The Morgan fingerprint density at radius 3 is 1.75 bits per heavy atom. The number of carbonyl (C=O) groups is 1. The normalized spacial score (nSPS) is 10.1. The van der Waals surface area contributed by atoms with Gasteiger partial charge in [-0.3, -0.25) is 0 Å². The summed E-state index contributed by atoms with van der Waals surface area (Å²) in [6.45, 7) is 6.06. The van der Waals surface area contributed by atoms with Crippen LogP contribution in [0.3, 0.4) is 0 Å². The first-order valence-corrected chi connectivity index (χ1v) is 5.98. The molecule has 0 unspecified atom stereocenters. The maximum absolute atomic E-state index is 11.1. The van der Waals surface area contributed by atoms with Crippen LogP contribution in [0.1, 0.15) is 39.5 Å². The van der Waals surface area contributed by atoms with Crippen molar-refractivity contribution in [2.45, 2.75) is 39.5 Å². The van der Waals surface area contributed by atoms with E-state index in [1.54, 1.807) is 0 Å². The van der Waals surface area contributed by atoms with Gasteiger partial charge in [-0.2, -0.15) is 0 Å². The van der Waals surface area contributed by atoms with Gasteiger partial charge in [0.25, 0.3) is 0 Å². The highest BCUT2D eigenvalue weighted by Gasteiger charge is 1.97. The lowest BCUT2D eigenvalue weighted by molar-refractivity contribution is 0.104. The molecule has 0 rings (SSSR count). The van der Waals surface area contributed by atoms with E-state index in [0.29, 0.717) is 13.2 Å². The summed E-state index contributed by atoms with van der Waals surface area (Å²) in [4.78, 5) is 11.1. The molecule has 2 N–H and O–H groups in total. The van der Waals surface area contributed by atoms with Gasteiger partial charge in [-0.15, -0.1) is 0 Å². The molecule has 0 aliphatic heterocycles. The Morgan fingerprint density at radius 1 is 0.938 bits per heavy atom. The van der Waals surface area contributed by atoms with E-state index in [-0.39, 0.29) is 19.5 Å². The van der Waals surface area contributed by atoms with Crippen LogP contribution >= 0.6 is 0 Å². The van der Waals surface area contributed by atoms with Gasteiger partial charge >= 0.3 is 6.03 Å². The van der Waals surface area contributed by atoms with Gasteiger partial charge in [0.2, 0.25) is 0 Å². The fourth-order valence-electron chi connectivity index (χ4n) is 0.933. The average molecular weight is 232 g/mol. The van der Waals surface area contributed by atoms with E-state index >= 15 is 0 Å². The van der Waals surface area contributed by atoms with Crippen molar-refractivity contribution in [3.8, 4) is 0 Å². The number of unbranched alkanes of at least 4 members (excludes halogenated alkanes) is 2. The Balaban J connectivity index is 3.12.